The highest BCUT2D eigenvalue weighted by molar-refractivity contribution is 7.46. The van der Waals surface area contributed by atoms with E-state index < -0.39 is 32.5 Å². The molecule has 0 fully saturated rings. The minimum Gasteiger partial charge on any atom is -0.462 e. The van der Waals surface area contributed by atoms with Crippen molar-refractivity contribution in [3.63, 3.8) is 0 Å². The number of carbonyl (C=O) groups excluding carboxylic acids is 2. The quantitative estimate of drug-likeness (QED) is 0.0370. The Morgan fingerprint density at radius 2 is 0.750 bits per heavy atom. The Kier molecular flexibility index (Phi) is 35.2. The molecule has 0 aromatic rings. The summed E-state index contributed by atoms with van der Waals surface area (Å²) in [6, 6.07) is 0. The number of hydrogen-bond acceptors (Lipinski definition) is 6. The number of hydrogen-bond donors (Lipinski definition) is 2. The van der Waals surface area contributed by atoms with Gasteiger partial charge >= 0.3 is 19.8 Å². The second-order valence-electron chi connectivity index (χ2n) is 14.0. The summed E-state index contributed by atoms with van der Waals surface area (Å²) in [4.78, 5) is 42.6. The summed E-state index contributed by atoms with van der Waals surface area (Å²) in [5.74, 6) is -0.876. The maximum Gasteiger partial charge on any atom is 0.469 e. The highest BCUT2D eigenvalue weighted by Gasteiger charge is 2.22. The molecule has 0 spiro atoms. The molecule has 48 heavy (non-hydrogen) atoms. The van der Waals surface area contributed by atoms with Gasteiger partial charge in [-0.2, -0.15) is 0 Å². The van der Waals surface area contributed by atoms with Crippen LogP contribution in [0.5, 0.6) is 0 Å². The Morgan fingerprint density at radius 3 is 1.06 bits per heavy atom. The second kappa shape index (κ2) is 35.9. The molecule has 0 aliphatic heterocycles. The Balaban J connectivity index is 3.73. The third-order valence-corrected chi connectivity index (χ3v) is 9.61. The average molecular weight is 705 g/mol. The molecule has 0 aliphatic carbocycles. The van der Waals surface area contributed by atoms with Crippen molar-refractivity contribution in [1.29, 1.82) is 0 Å². The first-order valence-electron chi connectivity index (χ1n) is 20.3. The lowest BCUT2D eigenvalue weighted by molar-refractivity contribution is -0.161. The molecule has 286 valence electrons. The van der Waals surface area contributed by atoms with Crippen molar-refractivity contribution in [3.8, 4) is 0 Å². The van der Waals surface area contributed by atoms with Gasteiger partial charge in [0.2, 0.25) is 0 Å². The predicted octanol–water partition coefficient (Wildman–Crippen LogP) is 12.1. The molecule has 1 atom stereocenters. The number of carbonyl (C=O) groups is 2. The molecule has 0 aromatic heterocycles. The normalized spacial score (nSPS) is 12.3. The lowest BCUT2D eigenvalue weighted by atomic mass is 10.0. The van der Waals surface area contributed by atoms with Crippen molar-refractivity contribution < 1.29 is 37.9 Å². The molecular weight excluding hydrogens is 627 g/mol. The number of esters is 2. The summed E-state index contributed by atoms with van der Waals surface area (Å²) < 4.78 is 26.2. The van der Waals surface area contributed by atoms with Gasteiger partial charge in [-0.15, -0.1) is 0 Å². The summed E-state index contributed by atoms with van der Waals surface area (Å²) in [5.41, 5.74) is 0. The van der Waals surface area contributed by atoms with E-state index in [0.29, 0.717) is 6.42 Å². The van der Waals surface area contributed by atoms with Crippen LogP contribution in [0.3, 0.4) is 0 Å². The van der Waals surface area contributed by atoms with E-state index in [1.807, 2.05) is 0 Å². The van der Waals surface area contributed by atoms with Crippen molar-refractivity contribution in [2.75, 3.05) is 13.2 Å². The van der Waals surface area contributed by atoms with Gasteiger partial charge in [0.05, 0.1) is 6.61 Å². The minimum absolute atomic E-state index is 0.217. The molecule has 0 aliphatic rings. The number of rotatable bonds is 38. The van der Waals surface area contributed by atoms with Crippen molar-refractivity contribution in [2.24, 2.45) is 0 Å². The summed E-state index contributed by atoms with van der Waals surface area (Å²) >= 11 is 0. The smallest absolute Gasteiger partial charge is 0.462 e. The standard InChI is InChI=1S/C39H77O8P/c1-3-5-7-9-11-13-14-15-16-17-18-19-20-21-22-23-24-25-26-28-29-31-33-38(40)45-35-37(36-46-48(42,43)44)47-39(41)34-32-30-27-12-10-8-6-4-2/h37H,3-36H2,1-2H3,(H2,42,43,44)/t37-/m1/s1. The third-order valence-electron chi connectivity index (χ3n) is 9.13. The number of phosphoric ester groups is 1. The first kappa shape index (κ1) is 47.0. The highest BCUT2D eigenvalue weighted by Crippen LogP contribution is 2.36. The number of ether oxygens (including phenoxy) is 2. The molecule has 8 nitrogen and oxygen atoms in total. The van der Waals surface area contributed by atoms with E-state index in [0.717, 1.165) is 38.5 Å². The fourth-order valence-corrected chi connectivity index (χ4v) is 6.44. The average Bonchev–Trinajstić information content (AvgIpc) is 3.05. The Bertz CT molecular complexity index is 756. The zero-order chi connectivity index (χ0) is 35.4. The monoisotopic (exact) mass is 705 g/mol. The van der Waals surface area contributed by atoms with Crippen LogP contribution in [0.4, 0.5) is 0 Å². The molecular formula is C39H77O8P. The molecule has 0 radical (unpaired) electrons. The first-order chi connectivity index (χ1) is 23.3. The van der Waals surface area contributed by atoms with Gasteiger partial charge < -0.3 is 19.3 Å². The molecule has 0 rings (SSSR count). The van der Waals surface area contributed by atoms with Crippen LogP contribution >= 0.6 is 7.82 Å². The molecule has 0 bridgehead atoms. The van der Waals surface area contributed by atoms with Crippen LogP contribution in [0.15, 0.2) is 0 Å². The molecule has 0 heterocycles. The zero-order valence-corrected chi connectivity index (χ0v) is 32.3. The molecule has 0 aromatic carbocycles. The first-order valence-corrected chi connectivity index (χ1v) is 21.9. The van der Waals surface area contributed by atoms with E-state index in [2.05, 4.69) is 18.4 Å². The van der Waals surface area contributed by atoms with E-state index in [9.17, 15) is 14.2 Å². The van der Waals surface area contributed by atoms with Crippen LogP contribution < -0.4 is 0 Å². The van der Waals surface area contributed by atoms with E-state index in [-0.39, 0.29) is 19.4 Å². The Labute approximate surface area is 295 Å². The van der Waals surface area contributed by atoms with Gasteiger partial charge in [-0.1, -0.05) is 194 Å². The van der Waals surface area contributed by atoms with Gasteiger partial charge in [0.15, 0.2) is 6.10 Å². The molecule has 0 saturated carbocycles. The topological polar surface area (TPSA) is 119 Å². The van der Waals surface area contributed by atoms with Gasteiger partial charge in [0, 0.05) is 12.8 Å². The van der Waals surface area contributed by atoms with Crippen molar-refractivity contribution >= 4 is 19.8 Å². The van der Waals surface area contributed by atoms with E-state index >= 15 is 0 Å². The maximum atomic E-state index is 12.3. The van der Waals surface area contributed by atoms with Gasteiger partial charge in [0.25, 0.3) is 0 Å². The van der Waals surface area contributed by atoms with Crippen LogP contribution in [0, 0.1) is 0 Å². The van der Waals surface area contributed by atoms with E-state index in [4.69, 9.17) is 19.3 Å². The Morgan fingerprint density at radius 1 is 0.458 bits per heavy atom. The van der Waals surface area contributed by atoms with Gasteiger partial charge in [-0.05, 0) is 12.8 Å². The van der Waals surface area contributed by atoms with Gasteiger partial charge in [0.1, 0.15) is 6.61 Å². The van der Waals surface area contributed by atoms with Crippen molar-refractivity contribution in [2.45, 2.75) is 225 Å². The zero-order valence-electron chi connectivity index (χ0n) is 31.4. The SMILES string of the molecule is CCCCCCCCCCCCCCCCCCCCCCCCC(=O)OC[C@H](COP(=O)(O)O)OC(=O)CCCCCCCCCC. The minimum atomic E-state index is -4.74. The van der Waals surface area contributed by atoms with Crippen molar-refractivity contribution in [1.82, 2.24) is 0 Å². The maximum absolute atomic E-state index is 12.3. The largest absolute Gasteiger partial charge is 0.469 e. The third kappa shape index (κ3) is 37.9. The summed E-state index contributed by atoms with van der Waals surface area (Å²) in [6.45, 7) is 3.66. The van der Waals surface area contributed by atoms with Crippen LogP contribution in [-0.4, -0.2) is 41.0 Å². The fraction of sp³-hybridized carbons (Fsp3) is 0.949. The Hall–Kier alpha value is -0.950. The number of unbranched alkanes of at least 4 members (excludes halogenated alkanes) is 28. The lowest BCUT2D eigenvalue weighted by Gasteiger charge is -2.18. The second-order valence-corrected chi connectivity index (χ2v) is 15.2. The van der Waals surface area contributed by atoms with Crippen LogP contribution in [-0.2, 0) is 28.2 Å². The van der Waals surface area contributed by atoms with E-state index in [1.165, 1.54) is 148 Å². The highest BCUT2D eigenvalue weighted by atomic mass is 31.2. The van der Waals surface area contributed by atoms with Gasteiger partial charge in [-0.25, -0.2) is 4.57 Å². The molecule has 0 unspecified atom stereocenters. The van der Waals surface area contributed by atoms with Crippen LogP contribution in [0.2, 0.25) is 0 Å². The van der Waals surface area contributed by atoms with E-state index in [1.54, 1.807) is 0 Å². The molecule has 0 saturated heterocycles. The summed E-state index contributed by atoms with van der Waals surface area (Å²) in [5, 5.41) is 0. The lowest BCUT2D eigenvalue weighted by Crippen LogP contribution is -2.29. The van der Waals surface area contributed by atoms with Gasteiger partial charge in [-0.3, -0.25) is 14.1 Å². The predicted molar refractivity (Wildman–Crippen MR) is 198 cm³/mol. The summed E-state index contributed by atoms with van der Waals surface area (Å²) in [6.07, 6.45) is 37.1. The summed E-state index contributed by atoms with van der Waals surface area (Å²) in [7, 11) is -4.74. The number of phosphoric acid groups is 1. The van der Waals surface area contributed by atoms with Crippen LogP contribution in [0.1, 0.15) is 219 Å². The van der Waals surface area contributed by atoms with Crippen molar-refractivity contribution in [3.05, 3.63) is 0 Å². The molecule has 9 heteroatoms. The fourth-order valence-electron chi connectivity index (χ4n) is 6.08. The van der Waals surface area contributed by atoms with Crippen LogP contribution in [0.25, 0.3) is 0 Å². The molecule has 2 N–H and O–H groups in total. The molecule has 0 amide bonds.